The van der Waals surface area contributed by atoms with E-state index >= 15 is 0 Å². The van der Waals surface area contributed by atoms with Gasteiger partial charge in [-0.2, -0.15) is 0 Å². The second-order valence-corrected chi connectivity index (χ2v) is 3.02. The number of carbonyl (C=O) groups is 1. The van der Waals surface area contributed by atoms with E-state index in [-0.39, 0.29) is 18.2 Å². The molecule has 11 heavy (non-hydrogen) atoms. The molecular weight excluding hydrogens is 142 g/mol. The molecule has 0 saturated carbocycles. The summed E-state index contributed by atoms with van der Waals surface area (Å²) in [5, 5.41) is 2.72. The fraction of sp³-hybridized carbons (Fsp3) is 0.625. The van der Waals surface area contributed by atoms with Crippen LogP contribution in [-0.2, 0) is 4.74 Å². The zero-order valence-electron chi connectivity index (χ0n) is 6.83. The number of carbonyl (C=O) groups excluding carboxylic acids is 1. The molecule has 1 N–H and O–H groups in total. The SMILES string of the molecule is C=C[C@@H]1OC(=O)N[C@H]1C(C)C. The first-order chi connectivity index (χ1) is 5.15. The minimum Gasteiger partial charge on any atom is -0.440 e. The molecule has 1 aliphatic heterocycles. The van der Waals surface area contributed by atoms with Crippen LogP contribution in [0.4, 0.5) is 4.79 Å². The smallest absolute Gasteiger partial charge is 0.408 e. The van der Waals surface area contributed by atoms with Crippen molar-refractivity contribution in [3.8, 4) is 0 Å². The van der Waals surface area contributed by atoms with Crippen LogP contribution in [0.25, 0.3) is 0 Å². The summed E-state index contributed by atoms with van der Waals surface area (Å²) in [6.07, 6.45) is 1.15. The first-order valence-electron chi connectivity index (χ1n) is 3.75. The topological polar surface area (TPSA) is 38.3 Å². The van der Waals surface area contributed by atoms with E-state index in [4.69, 9.17) is 4.74 Å². The molecule has 1 heterocycles. The van der Waals surface area contributed by atoms with E-state index < -0.39 is 0 Å². The molecule has 1 fully saturated rings. The van der Waals surface area contributed by atoms with Gasteiger partial charge >= 0.3 is 6.09 Å². The molecule has 0 spiro atoms. The van der Waals surface area contributed by atoms with Crippen molar-refractivity contribution < 1.29 is 9.53 Å². The van der Waals surface area contributed by atoms with Gasteiger partial charge in [-0.25, -0.2) is 4.79 Å². The average molecular weight is 155 g/mol. The molecule has 1 aliphatic rings. The van der Waals surface area contributed by atoms with Gasteiger partial charge in [0.1, 0.15) is 6.10 Å². The molecule has 0 unspecified atom stereocenters. The van der Waals surface area contributed by atoms with Crippen LogP contribution >= 0.6 is 0 Å². The lowest BCUT2D eigenvalue weighted by atomic mass is 10.00. The average Bonchev–Trinajstić information content (AvgIpc) is 2.30. The van der Waals surface area contributed by atoms with E-state index in [1.54, 1.807) is 6.08 Å². The van der Waals surface area contributed by atoms with Crippen molar-refractivity contribution >= 4 is 6.09 Å². The Kier molecular flexibility index (Phi) is 2.17. The van der Waals surface area contributed by atoms with Crippen LogP contribution < -0.4 is 5.32 Å². The van der Waals surface area contributed by atoms with Gasteiger partial charge in [0.15, 0.2) is 0 Å². The van der Waals surface area contributed by atoms with Crippen LogP contribution in [0.3, 0.4) is 0 Å². The van der Waals surface area contributed by atoms with Gasteiger partial charge < -0.3 is 10.1 Å². The highest BCUT2D eigenvalue weighted by atomic mass is 16.6. The highest BCUT2D eigenvalue weighted by Gasteiger charge is 2.33. The number of alkyl carbamates (subject to hydrolysis) is 1. The van der Waals surface area contributed by atoms with E-state index in [0.717, 1.165) is 0 Å². The minimum atomic E-state index is -0.339. The van der Waals surface area contributed by atoms with Crippen LogP contribution in [0.2, 0.25) is 0 Å². The lowest BCUT2D eigenvalue weighted by molar-refractivity contribution is 0.149. The quantitative estimate of drug-likeness (QED) is 0.610. The van der Waals surface area contributed by atoms with Gasteiger partial charge in [0.2, 0.25) is 0 Å². The van der Waals surface area contributed by atoms with Crippen molar-refractivity contribution in [3.63, 3.8) is 0 Å². The Morgan fingerprint density at radius 3 is 2.73 bits per heavy atom. The Hall–Kier alpha value is -0.990. The van der Waals surface area contributed by atoms with Gasteiger partial charge in [-0.1, -0.05) is 20.4 Å². The van der Waals surface area contributed by atoms with Gasteiger partial charge in [-0.15, -0.1) is 0 Å². The summed E-state index contributed by atoms with van der Waals surface area (Å²) in [5.74, 6) is 0.379. The summed E-state index contributed by atoms with van der Waals surface area (Å²) in [7, 11) is 0. The van der Waals surface area contributed by atoms with Crippen LogP contribution in [0.15, 0.2) is 12.7 Å². The zero-order chi connectivity index (χ0) is 8.43. The summed E-state index contributed by atoms with van der Waals surface area (Å²) in [4.78, 5) is 10.7. The molecule has 0 aromatic heterocycles. The van der Waals surface area contributed by atoms with Gasteiger partial charge in [-0.05, 0) is 12.0 Å². The monoisotopic (exact) mass is 155 g/mol. The molecule has 0 aromatic carbocycles. The third kappa shape index (κ3) is 1.53. The Labute approximate surface area is 66.4 Å². The molecule has 1 rings (SSSR count). The number of ether oxygens (including phenoxy) is 1. The molecule has 0 bridgehead atoms. The minimum absolute atomic E-state index is 0.0833. The van der Waals surface area contributed by atoms with Crippen molar-refractivity contribution in [2.24, 2.45) is 5.92 Å². The Morgan fingerprint density at radius 2 is 2.36 bits per heavy atom. The molecule has 0 aliphatic carbocycles. The van der Waals surface area contributed by atoms with Crippen molar-refractivity contribution in [1.82, 2.24) is 5.32 Å². The molecule has 1 saturated heterocycles. The third-order valence-corrected chi connectivity index (χ3v) is 1.83. The van der Waals surface area contributed by atoms with Crippen LogP contribution in [0, 0.1) is 5.92 Å². The van der Waals surface area contributed by atoms with E-state index in [0.29, 0.717) is 5.92 Å². The summed E-state index contributed by atoms with van der Waals surface area (Å²) in [6, 6.07) is 0.0833. The highest BCUT2D eigenvalue weighted by Crippen LogP contribution is 2.16. The molecule has 0 aromatic rings. The van der Waals surface area contributed by atoms with Crippen LogP contribution in [0.1, 0.15) is 13.8 Å². The van der Waals surface area contributed by atoms with Gasteiger partial charge in [0, 0.05) is 0 Å². The summed E-state index contributed by atoms with van der Waals surface area (Å²) in [5.41, 5.74) is 0. The lowest BCUT2D eigenvalue weighted by Gasteiger charge is -2.16. The number of rotatable bonds is 2. The van der Waals surface area contributed by atoms with E-state index in [9.17, 15) is 4.79 Å². The summed E-state index contributed by atoms with van der Waals surface area (Å²) in [6.45, 7) is 7.67. The van der Waals surface area contributed by atoms with Crippen molar-refractivity contribution in [2.45, 2.75) is 26.0 Å². The van der Waals surface area contributed by atoms with Gasteiger partial charge in [0.05, 0.1) is 6.04 Å². The second kappa shape index (κ2) is 2.95. The summed E-state index contributed by atoms with van der Waals surface area (Å²) >= 11 is 0. The predicted molar refractivity (Wildman–Crippen MR) is 42.2 cm³/mol. The van der Waals surface area contributed by atoms with E-state index in [1.165, 1.54) is 0 Å². The van der Waals surface area contributed by atoms with Crippen LogP contribution in [0.5, 0.6) is 0 Å². The maximum absolute atomic E-state index is 10.7. The van der Waals surface area contributed by atoms with Gasteiger partial charge in [0.25, 0.3) is 0 Å². The third-order valence-electron chi connectivity index (χ3n) is 1.83. The first-order valence-corrected chi connectivity index (χ1v) is 3.75. The number of hydrogen-bond acceptors (Lipinski definition) is 2. The van der Waals surface area contributed by atoms with Crippen LogP contribution in [-0.4, -0.2) is 18.2 Å². The van der Waals surface area contributed by atoms with Crippen molar-refractivity contribution in [1.29, 1.82) is 0 Å². The van der Waals surface area contributed by atoms with E-state index in [2.05, 4.69) is 11.9 Å². The first kappa shape index (κ1) is 8.11. The predicted octanol–water partition coefficient (Wildman–Crippen LogP) is 1.31. The fourth-order valence-corrected chi connectivity index (χ4v) is 1.19. The maximum Gasteiger partial charge on any atom is 0.408 e. The number of hydrogen-bond donors (Lipinski definition) is 1. The van der Waals surface area contributed by atoms with Gasteiger partial charge in [-0.3, -0.25) is 0 Å². The Bertz CT molecular complexity index is 177. The van der Waals surface area contributed by atoms with E-state index in [1.807, 2.05) is 13.8 Å². The van der Waals surface area contributed by atoms with Crippen molar-refractivity contribution in [2.75, 3.05) is 0 Å². The molecule has 2 atom stereocenters. The highest BCUT2D eigenvalue weighted by molar-refractivity contribution is 5.70. The standard InChI is InChI=1S/C8H13NO2/c1-4-6-7(5(2)3)9-8(10)11-6/h4-7H,1H2,2-3H3,(H,9,10)/t6-,7-/m0/s1. The normalized spacial score (nSPS) is 29.9. The molecular formula is C8H13NO2. The zero-order valence-corrected chi connectivity index (χ0v) is 6.83. The molecule has 3 heteroatoms. The molecule has 0 radical (unpaired) electrons. The lowest BCUT2D eigenvalue weighted by Crippen LogP contribution is -2.35. The fourth-order valence-electron chi connectivity index (χ4n) is 1.19. The number of nitrogens with one attached hydrogen (secondary N) is 1. The second-order valence-electron chi connectivity index (χ2n) is 3.02. The largest absolute Gasteiger partial charge is 0.440 e. The summed E-state index contributed by atoms with van der Waals surface area (Å²) < 4.78 is 4.92. The van der Waals surface area contributed by atoms with Crippen molar-refractivity contribution in [3.05, 3.63) is 12.7 Å². The Balaban J connectivity index is 2.64. The number of cyclic esters (lactones) is 1. The maximum atomic E-state index is 10.7. The Morgan fingerprint density at radius 1 is 1.73 bits per heavy atom. The molecule has 3 nitrogen and oxygen atoms in total. The number of amides is 1. The molecule has 1 amide bonds. The molecule has 62 valence electrons.